The van der Waals surface area contributed by atoms with Crippen LogP contribution in [-0.2, 0) is 5.41 Å². The number of phenols is 1. The average molecular weight is 283 g/mol. The second-order valence-electron chi connectivity index (χ2n) is 6.52. The van der Waals surface area contributed by atoms with Gasteiger partial charge in [0.1, 0.15) is 11.4 Å². The molecular weight excluding hydrogens is 262 g/mol. The van der Waals surface area contributed by atoms with Crippen molar-refractivity contribution in [2.24, 2.45) is 0 Å². The van der Waals surface area contributed by atoms with Gasteiger partial charge in [-0.2, -0.15) is 5.12 Å². The summed E-state index contributed by atoms with van der Waals surface area (Å²) < 4.78 is 0. The SMILES string of the molecule is Cc1cc(C(C)(C)C)cc(N2Nc3ccccc3N2)c1O. The van der Waals surface area contributed by atoms with Crippen LogP contribution >= 0.6 is 0 Å². The first-order valence-corrected chi connectivity index (χ1v) is 7.13. The maximum absolute atomic E-state index is 10.4. The smallest absolute Gasteiger partial charge is 0.145 e. The summed E-state index contributed by atoms with van der Waals surface area (Å²) in [5, 5.41) is 12.2. The van der Waals surface area contributed by atoms with E-state index in [0.717, 1.165) is 22.6 Å². The fourth-order valence-electron chi connectivity index (χ4n) is 2.43. The number of aromatic hydroxyl groups is 1. The maximum atomic E-state index is 10.4. The Labute approximate surface area is 125 Å². The van der Waals surface area contributed by atoms with E-state index >= 15 is 0 Å². The summed E-state index contributed by atoms with van der Waals surface area (Å²) >= 11 is 0. The molecular formula is C17H21N3O. The number of rotatable bonds is 1. The molecule has 2 aromatic rings. The Balaban J connectivity index is 2.02. The number of phenolic OH excluding ortho intramolecular Hbond substituents is 1. The molecule has 0 saturated heterocycles. The molecule has 4 nitrogen and oxygen atoms in total. The Kier molecular flexibility index (Phi) is 2.97. The summed E-state index contributed by atoms with van der Waals surface area (Å²) in [4.78, 5) is 0. The summed E-state index contributed by atoms with van der Waals surface area (Å²) in [6, 6.07) is 12.0. The predicted molar refractivity (Wildman–Crippen MR) is 87.7 cm³/mol. The van der Waals surface area contributed by atoms with E-state index in [0.29, 0.717) is 0 Å². The van der Waals surface area contributed by atoms with Gasteiger partial charge in [0.05, 0.1) is 11.4 Å². The van der Waals surface area contributed by atoms with E-state index in [4.69, 9.17) is 0 Å². The lowest BCUT2D eigenvalue weighted by Crippen LogP contribution is -2.30. The second-order valence-corrected chi connectivity index (χ2v) is 6.52. The first-order valence-electron chi connectivity index (χ1n) is 7.13. The van der Waals surface area contributed by atoms with E-state index in [2.05, 4.69) is 31.6 Å². The normalized spacial score (nSPS) is 13.6. The lowest BCUT2D eigenvalue weighted by atomic mass is 9.85. The molecule has 4 heteroatoms. The van der Waals surface area contributed by atoms with E-state index in [-0.39, 0.29) is 11.2 Å². The maximum Gasteiger partial charge on any atom is 0.145 e. The number of hydrazine groups is 2. The Morgan fingerprint density at radius 2 is 1.57 bits per heavy atom. The van der Waals surface area contributed by atoms with E-state index in [1.165, 1.54) is 5.56 Å². The molecule has 1 heterocycles. The number of aryl methyl sites for hydroxylation is 1. The van der Waals surface area contributed by atoms with Crippen LogP contribution in [0, 0.1) is 6.92 Å². The van der Waals surface area contributed by atoms with Gasteiger partial charge in [0.15, 0.2) is 0 Å². The van der Waals surface area contributed by atoms with E-state index < -0.39 is 0 Å². The van der Waals surface area contributed by atoms with Crippen molar-refractivity contribution in [3.05, 3.63) is 47.5 Å². The third-order valence-electron chi connectivity index (χ3n) is 3.78. The highest BCUT2D eigenvalue weighted by molar-refractivity contribution is 5.81. The standard InChI is InChI=1S/C17H21N3O/c1-11-9-12(17(2,3)4)10-15(16(11)21)20-18-13-7-5-6-8-14(13)19-20/h5-10,18-19,21H,1-4H3. The summed E-state index contributed by atoms with van der Waals surface area (Å²) in [5.74, 6) is 0.288. The van der Waals surface area contributed by atoms with Crippen LogP contribution < -0.4 is 16.0 Å². The highest BCUT2D eigenvalue weighted by atomic mass is 16.3. The number of nitrogens with one attached hydrogen (secondary N) is 2. The van der Waals surface area contributed by atoms with Gasteiger partial charge < -0.3 is 5.11 Å². The van der Waals surface area contributed by atoms with Gasteiger partial charge >= 0.3 is 0 Å². The van der Waals surface area contributed by atoms with E-state index in [1.54, 1.807) is 5.12 Å². The van der Waals surface area contributed by atoms with E-state index in [1.807, 2.05) is 43.3 Å². The van der Waals surface area contributed by atoms with Gasteiger partial charge in [-0.25, -0.2) is 0 Å². The quantitative estimate of drug-likeness (QED) is 0.735. The van der Waals surface area contributed by atoms with Crippen molar-refractivity contribution in [2.75, 3.05) is 16.0 Å². The average Bonchev–Trinajstić information content (AvgIpc) is 2.84. The summed E-state index contributed by atoms with van der Waals surface area (Å²) in [7, 11) is 0. The Morgan fingerprint density at radius 1 is 1.00 bits per heavy atom. The summed E-state index contributed by atoms with van der Waals surface area (Å²) in [5.41, 5.74) is 11.3. The van der Waals surface area contributed by atoms with Crippen LogP contribution in [0.15, 0.2) is 36.4 Å². The fraction of sp³-hybridized carbons (Fsp3) is 0.294. The molecule has 0 saturated carbocycles. The molecule has 0 radical (unpaired) electrons. The van der Waals surface area contributed by atoms with Gasteiger partial charge in [-0.3, -0.25) is 10.9 Å². The van der Waals surface area contributed by atoms with Crippen LogP contribution in [0.2, 0.25) is 0 Å². The lowest BCUT2D eigenvalue weighted by Gasteiger charge is -2.25. The summed E-state index contributed by atoms with van der Waals surface area (Å²) in [6.45, 7) is 8.43. The summed E-state index contributed by atoms with van der Waals surface area (Å²) in [6.07, 6.45) is 0. The number of hydrogen-bond donors (Lipinski definition) is 3. The largest absolute Gasteiger partial charge is 0.505 e. The number of anilines is 3. The highest BCUT2D eigenvalue weighted by Gasteiger charge is 2.24. The minimum atomic E-state index is 0.0276. The number of para-hydroxylation sites is 2. The van der Waals surface area contributed by atoms with Crippen molar-refractivity contribution in [2.45, 2.75) is 33.1 Å². The molecule has 1 aliphatic heterocycles. The molecule has 0 amide bonds. The molecule has 1 aliphatic rings. The first kappa shape index (κ1) is 13.6. The third kappa shape index (κ3) is 2.37. The zero-order valence-corrected chi connectivity index (χ0v) is 12.9. The predicted octanol–water partition coefficient (Wildman–Crippen LogP) is 4.17. The van der Waals surface area contributed by atoms with Gasteiger partial charge in [-0.05, 0) is 41.7 Å². The molecule has 21 heavy (non-hydrogen) atoms. The number of hydrogen-bond acceptors (Lipinski definition) is 4. The Bertz CT molecular complexity index is 664. The van der Waals surface area contributed by atoms with Crippen LogP contribution in [-0.4, -0.2) is 5.11 Å². The van der Waals surface area contributed by atoms with Crippen LogP contribution in [0.4, 0.5) is 17.1 Å². The van der Waals surface area contributed by atoms with Crippen LogP contribution in [0.1, 0.15) is 31.9 Å². The third-order valence-corrected chi connectivity index (χ3v) is 3.78. The van der Waals surface area contributed by atoms with Crippen molar-refractivity contribution in [1.29, 1.82) is 0 Å². The minimum absolute atomic E-state index is 0.0276. The van der Waals surface area contributed by atoms with Crippen LogP contribution in [0.25, 0.3) is 0 Å². The molecule has 0 fully saturated rings. The highest BCUT2D eigenvalue weighted by Crippen LogP contribution is 2.39. The zero-order chi connectivity index (χ0) is 15.2. The molecule has 0 atom stereocenters. The molecule has 0 spiro atoms. The van der Waals surface area contributed by atoms with Gasteiger partial charge in [0.2, 0.25) is 0 Å². The first-order chi connectivity index (χ1) is 9.86. The minimum Gasteiger partial charge on any atom is -0.505 e. The monoisotopic (exact) mass is 283 g/mol. The van der Waals surface area contributed by atoms with Gasteiger partial charge in [-0.15, -0.1) is 0 Å². The molecule has 110 valence electrons. The van der Waals surface area contributed by atoms with Crippen molar-refractivity contribution >= 4 is 17.1 Å². The molecule has 0 unspecified atom stereocenters. The molecule has 3 N–H and O–H groups in total. The Hall–Kier alpha value is -2.36. The molecule has 0 bridgehead atoms. The van der Waals surface area contributed by atoms with Crippen molar-refractivity contribution in [3.8, 4) is 5.75 Å². The number of benzene rings is 2. The van der Waals surface area contributed by atoms with Crippen LogP contribution in [0.5, 0.6) is 5.75 Å². The molecule has 0 aliphatic carbocycles. The number of nitrogens with zero attached hydrogens (tertiary/aromatic N) is 1. The molecule has 3 rings (SSSR count). The van der Waals surface area contributed by atoms with Crippen molar-refractivity contribution in [3.63, 3.8) is 0 Å². The second kappa shape index (κ2) is 4.58. The number of fused-ring (bicyclic) bond motifs is 1. The van der Waals surface area contributed by atoms with Gasteiger partial charge in [-0.1, -0.05) is 39.0 Å². The van der Waals surface area contributed by atoms with Crippen LogP contribution in [0.3, 0.4) is 0 Å². The van der Waals surface area contributed by atoms with Crippen molar-refractivity contribution in [1.82, 2.24) is 0 Å². The fourth-order valence-corrected chi connectivity index (χ4v) is 2.43. The Morgan fingerprint density at radius 3 is 2.10 bits per heavy atom. The van der Waals surface area contributed by atoms with Crippen molar-refractivity contribution < 1.29 is 5.11 Å². The lowest BCUT2D eigenvalue weighted by molar-refractivity contribution is 0.470. The molecule has 0 aromatic heterocycles. The van der Waals surface area contributed by atoms with Gasteiger partial charge in [0, 0.05) is 0 Å². The topological polar surface area (TPSA) is 47.5 Å². The van der Waals surface area contributed by atoms with Gasteiger partial charge in [0.25, 0.3) is 0 Å². The van der Waals surface area contributed by atoms with E-state index in [9.17, 15) is 5.11 Å². The molecule has 2 aromatic carbocycles. The zero-order valence-electron chi connectivity index (χ0n) is 12.9.